The van der Waals surface area contributed by atoms with Gasteiger partial charge in [-0.25, -0.2) is 13.4 Å². The summed E-state index contributed by atoms with van der Waals surface area (Å²) in [6.07, 6.45) is 3.86. The fourth-order valence-corrected chi connectivity index (χ4v) is 6.06. The maximum Gasteiger partial charge on any atom is 0.228 e. The van der Waals surface area contributed by atoms with E-state index in [1.165, 1.54) is 0 Å². The molecular formula is C25H38N4O3S2. The molecule has 1 atom stereocenters. The van der Waals surface area contributed by atoms with Crippen molar-refractivity contribution in [2.45, 2.75) is 83.6 Å². The number of rotatable bonds is 10. The summed E-state index contributed by atoms with van der Waals surface area (Å²) >= 11 is 5.71. The number of ether oxygens (including phenoxy) is 1. The van der Waals surface area contributed by atoms with Crippen LogP contribution in [0.15, 0.2) is 35.6 Å². The lowest BCUT2D eigenvalue weighted by Crippen LogP contribution is -2.45. The van der Waals surface area contributed by atoms with Gasteiger partial charge in [-0.15, -0.1) is 0 Å². The van der Waals surface area contributed by atoms with Crippen LogP contribution < -0.4 is 5.32 Å². The number of sulfone groups is 1. The normalized spacial score (nSPS) is 16.4. The molecular weight excluding hydrogens is 468 g/mol. The van der Waals surface area contributed by atoms with Gasteiger partial charge < -0.3 is 19.5 Å². The van der Waals surface area contributed by atoms with Crippen LogP contribution in [0.5, 0.6) is 0 Å². The van der Waals surface area contributed by atoms with E-state index in [4.69, 9.17) is 17.0 Å². The van der Waals surface area contributed by atoms with Gasteiger partial charge in [0.05, 0.1) is 30.3 Å². The molecule has 2 aromatic rings. The number of aromatic nitrogens is 2. The number of aryl methyl sites for hydroxylation is 1. The van der Waals surface area contributed by atoms with Crippen LogP contribution in [0.2, 0.25) is 0 Å². The van der Waals surface area contributed by atoms with Crippen LogP contribution in [-0.2, 0) is 33.4 Å². The van der Waals surface area contributed by atoms with Crippen LogP contribution in [0.25, 0.3) is 0 Å². The van der Waals surface area contributed by atoms with Gasteiger partial charge in [-0.05, 0) is 57.3 Å². The summed E-state index contributed by atoms with van der Waals surface area (Å²) in [7, 11) is -3.62. The highest BCUT2D eigenvalue weighted by Crippen LogP contribution is 2.22. The third kappa shape index (κ3) is 7.26. The highest BCUT2D eigenvalue weighted by Gasteiger charge is 2.27. The lowest BCUT2D eigenvalue weighted by atomic mass is 10.2. The zero-order chi connectivity index (χ0) is 24.9. The van der Waals surface area contributed by atoms with Gasteiger partial charge in [0, 0.05) is 25.7 Å². The van der Waals surface area contributed by atoms with E-state index in [1.54, 1.807) is 6.20 Å². The Bertz CT molecular complexity index is 1070. The van der Waals surface area contributed by atoms with Crippen molar-refractivity contribution in [2.24, 2.45) is 5.92 Å². The summed E-state index contributed by atoms with van der Waals surface area (Å²) in [5.74, 6) is 0.184. The van der Waals surface area contributed by atoms with E-state index in [0.29, 0.717) is 24.7 Å². The highest BCUT2D eigenvalue weighted by atomic mass is 32.2. The number of hydrogen-bond donors (Lipinski definition) is 1. The molecule has 1 saturated heterocycles. The lowest BCUT2D eigenvalue weighted by molar-refractivity contribution is 0.0891. The van der Waals surface area contributed by atoms with E-state index in [-0.39, 0.29) is 29.0 Å². The Hall–Kier alpha value is -1.97. The van der Waals surface area contributed by atoms with Gasteiger partial charge in [0.2, 0.25) is 15.0 Å². The first-order chi connectivity index (χ1) is 16.0. The maximum atomic E-state index is 13.4. The second kappa shape index (κ2) is 11.6. The molecule has 0 saturated carbocycles. The fourth-order valence-electron chi connectivity index (χ4n) is 4.20. The number of hydrogen-bond acceptors (Lipinski definition) is 5. The van der Waals surface area contributed by atoms with Crippen molar-refractivity contribution in [2.75, 3.05) is 13.2 Å². The molecule has 0 amide bonds. The van der Waals surface area contributed by atoms with Gasteiger partial charge >= 0.3 is 0 Å². The van der Waals surface area contributed by atoms with Crippen molar-refractivity contribution in [1.82, 2.24) is 19.8 Å². The van der Waals surface area contributed by atoms with E-state index in [0.717, 1.165) is 36.3 Å². The summed E-state index contributed by atoms with van der Waals surface area (Å²) in [6, 6.07) is 7.81. The average molecular weight is 507 g/mol. The molecule has 0 bridgehead atoms. The molecule has 9 heteroatoms. The Labute approximate surface area is 209 Å². The lowest BCUT2D eigenvalue weighted by Gasteiger charge is -2.30. The smallest absolute Gasteiger partial charge is 0.228 e. The van der Waals surface area contributed by atoms with E-state index in [9.17, 15) is 8.42 Å². The van der Waals surface area contributed by atoms with Crippen molar-refractivity contribution in [3.63, 3.8) is 0 Å². The first-order valence-corrected chi connectivity index (χ1v) is 14.1. The molecule has 0 radical (unpaired) electrons. The van der Waals surface area contributed by atoms with E-state index < -0.39 is 9.84 Å². The Kier molecular flexibility index (Phi) is 9.12. The van der Waals surface area contributed by atoms with Gasteiger partial charge in [0.1, 0.15) is 0 Å². The second-order valence-corrected chi connectivity index (χ2v) is 12.2. The van der Waals surface area contributed by atoms with E-state index in [1.807, 2.05) is 35.8 Å². The van der Waals surface area contributed by atoms with Crippen LogP contribution in [0.1, 0.15) is 57.4 Å². The zero-order valence-corrected chi connectivity index (χ0v) is 22.6. The molecule has 188 valence electrons. The third-order valence-electron chi connectivity index (χ3n) is 5.67. The Morgan fingerprint density at radius 3 is 2.71 bits per heavy atom. The van der Waals surface area contributed by atoms with Gasteiger partial charge in [-0.1, -0.05) is 43.7 Å². The van der Waals surface area contributed by atoms with Crippen molar-refractivity contribution in [3.8, 4) is 0 Å². The standard InChI is InChI=1S/C25H38N4O3S2/c1-18(2)14-29-22(15-28(24(33)27-19(3)4)16-23-10-7-11-32-23)13-26-25(29)34(30,31)17-21-9-6-8-20(5)12-21/h6,8-9,12-13,18-19,23H,7,10-11,14-17H2,1-5H3,(H,27,33)/t23-/m1/s1. The van der Waals surface area contributed by atoms with Crippen molar-refractivity contribution in [1.29, 1.82) is 0 Å². The molecule has 0 unspecified atom stereocenters. The largest absolute Gasteiger partial charge is 0.376 e. The van der Waals surface area contributed by atoms with Crippen molar-refractivity contribution >= 4 is 27.2 Å². The van der Waals surface area contributed by atoms with Gasteiger partial charge in [-0.2, -0.15) is 0 Å². The third-order valence-corrected chi connectivity index (χ3v) is 7.64. The Morgan fingerprint density at radius 2 is 2.09 bits per heavy atom. The van der Waals surface area contributed by atoms with Crippen LogP contribution in [0, 0.1) is 12.8 Å². The molecule has 1 aliphatic rings. The fraction of sp³-hybridized carbons (Fsp3) is 0.600. The molecule has 0 aliphatic carbocycles. The average Bonchev–Trinajstić information content (AvgIpc) is 3.37. The first-order valence-electron chi connectivity index (χ1n) is 12.0. The number of imidazole rings is 1. The summed E-state index contributed by atoms with van der Waals surface area (Å²) in [6.45, 7) is 12.7. The molecule has 1 N–H and O–H groups in total. The second-order valence-electron chi connectivity index (χ2n) is 9.90. The topological polar surface area (TPSA) is 76.5 Å². The summed E-state index contributed by atoms with van der Waals surface area (Å²) in [4.78, 5) is 6.50. The van der Waals surface area contributed by atoms with Gasteiger partial charge in [0.15, 0.2) is 5.11 Å². The Morgan fingerprint density at radius 1 is 1.32 bits per heavy atom. The number of benzene rings is 1. The molecule has 3 rings (SSSR count). The molecule has 1 aliphatic heterocycles. The van der Waals surface area contributed by atoms with Crippen molar-refractivity contribution < 1.29 is 13.2 Å². The number of thiocarbonyl (C=S) groups is 1. The van der Waals surface area contributed by atoms with E-state index >= 15 is 0 Å². The molecule has 0 spiro atoms. The molecule has 1 aromatic carbocycles. The van der Waals surface area contributed by atoms with Crippen LogP contribution in [0.4, 0.5) is 0 Å². The van der Waals surface area contributed by atoms with Gasteiger partial charge in [0.25, 0.3) is 0 Å². The highest BCUT2D eigenvalue weighted by molar-refractivity contribution is 7.90. The molecule has 1 aromatic heterocycles. The molecule has 1 fully saturated rings. The predicted octanol–water partition coefficient (Wildman–Crippen LogP) is 4.09. The monoisotopic (exact) mass is 506 g/mol. The minimum Gasteiger partial charge on any atom is -0.376 e. The summed E-state index contributed by atoms with van der Waals surface area (Å²) in [5, 5.41) is 4.09. The van der Waals surface area contributed by atoms with Crippen LogP contribution in [0.3, 0.4) is 0 Å². The SMILES string of the molecule is Cc1cccc(CS(=O)(=O)c2ncc(CN(C[C@H]3CCCO3)C(=S)NC(C)C)n2CC(C)C)c1. The first kappa shape index (κ1) is 26.6. The van der Waals surface area contributed by atoms with Gasteiger partial charge in [-0.3, -0.25) is 0 Å². The molecule has 7 nitrogen and oxygen atoms in total. The number of nitrogens with zero attached hydrogens (tertiary/aromatic N) is 3. The van der Waals surface area contributed by atoms with Crippen LogP contribution >= 0.6 is 12.2 Å². The summed E-state index contributed by atoms with van der Waals surface area (Å²) < 4.78 is 34.6. The summed E-state index contributed by atoms with van der Waals surface area (Å²) in [5.41, 5.74) is 2.64. The van der Waals surface area contributed by atoms with E-state index in [2.05, 4.69) is 42.9 Å². The van der Waals surface area contributed by atoms with Crippen molar-refractivity contribution in [3.05, 3.63) is 47.3 Å². The number of nitrogens with one attached hydrogen (secondary N) is 1. The molecule has 2 heterocycles. The zero-order valence-electron chi connectivity index (χ0n) is 21.0. The quantitative estimate of drug-likeness (QED) is 0.487. The minimum absolute atomic E-state index is 0.0732. The minimum atomic E-state index is -3.62. The molecule has 34 heavy (non-hydrogen) atoms. The predicted molar refractivity (Wildman–Crippen MR) is 139 cm³/mol. The maximum absolute atomic E-state index is 13.4. The van der Waals surface area contributed by atoms with Crippen LogP contribution in [-0.4, -0.2) is 53.3 Å². The Balaban J connectivity index is 1.90.